The highest BCUT2D eigenvalue weighted by molar-refractivity contribution is 5.86. The quantitative estimate of drug-likeness (QED) is 0.227. The van der Waals surface area contributed by atoms with Crippen LogP contribution in [0.1, 0.15) is 148 Å². The first kappa shape index (κ1) is 37.1. The van der Waals surface area contributed by atoms with Gasteiger partial charge in [0.25, 0.3) is 0 Å². The minimum absolute atomic E-state index is 0.167. The number of aliphatic hydroxyl groups is 1. The van der Waals surface area contributed by atoms with Crippen molar-refractivity contribution in [1.82, 2.24) is 0 Å². The second kappa shape index (κ2) is 15.8. The smallest absolute Gasteiger partial charge is 0.386 e. The summed E-state index contributed by atoms with van der Waals surface area (Å²) in [5.74, 6) is 3.09. The van der Waals surface area contributed by atoms with E-state index in [1.807, 2.05) is 19.9 Å². The Labute approximate surface area is 288 Å². The summed E-state index contributed by atoms with van der Waals surface area (Å²) in [6, 6.07) is 8.42. The van der Waals surface area contributed by atoms with Crippen molar-refractivity contribution in [2.75, 3.05) is 0 Å². The molecule has 0 aromatic heterocycles. The molecule has 0 amide bonds. The molecule has 0 heterocycles. The summed E-state index contributed by atoms with van der Waals surface area (Å²) in [6.45, 7) is 8.33. The SMILES string of the molecule is CCCCC(CCC(C)Cc1cccc(C(C)(C)O)c1)C1CC2CCCC2(C(=O)CC2CCC3=C(CCC=CC(C(F)(F)F)=C3)CC2)C1. The van der Waals surface area contributed by atoms with Crippen LogP contribution in [0.25, 0.3) is 0 Å². The summed E-state index contributed by atoms with van der Waals surface area (Å²) in [7, 11) is 0. The molecule has 0 aliphatic heterocycles. The fourth-order valence-corrected chi connectivity index (χ4v) is 9.91. The van der Waals surface area contributed by atoms with E-state index in [0.29, 0.717) is 48.7 Å². The van der Waals surface area contributed by atoms with Crippen LogP contribution in [-0.2, 0) is 16.8 Å². The first-order valence-corrected chi connectivity index (χ1v) is 19.3. The molecule has 5 heteroatoms. The fourth-order valence-electron chi connectivity index (χ4n) is 9.91. The highest BCUT2D eigenvalue weighted by Gasteiger charge is 2.55. The molecular formula is C43H61F3O2. The van der Waals surface area contributed by atoms with Crippen LogP contribution in [0.3, 0.4) is 0 Å². The number of halogens is 3. The highest BCUT2D eigenvalue weighted by atomic mass is 19.4. The van der Waals surface area contributed by atoms with Crippen LogP contribution < -0.4 is 0 Å². The highest BCUT2D eigenvalue weighted by Crippen LogP contribution is 2.60. The van der Waals surface area contributed by atoms with Gasteiger partial charge in [-0.2, -0.15) is 13.2 Å². The van der Waals surface area contributed by atoms with E-state index in [1.165, 1.54) is 68.2 Å². The number of allylic oxidation sites excluding steroid dienone is 6. The molecular weight excluding hydrogens is 605 g/mol. The molecule has 2 nitrogen and oxygen atoms in total. The van der Waals surface area contributed by atoms with E-state index < -0.39 is 17.4 Å². The first-order valence-electron chi connectivity index (χ1n) is 19.3. The third-order valence-electron chi connectivity index (χ3n) is 12.7. The van der Waals surface area contributed by atoms with Gasteiger partial charge >= 0.3 is 6.18 Å². The first-order chi connectivity index (χ1) is 22.8. The van der Waals surface area contributed by atoms with E-state index in [2.05, 4.69) is 32.0 Å². The third-order valence-corrected chi connectivity index (χ3v) is 12.7. The van der Waals surface area contributed by atoms with Gasteiger partial charge in [-0.1, -0.05) is 87.9 Å². The summed E-state index contributed by atoms with van der Waals surface area (Å²) in [6.07, 6.45) is 18.0. The van der Waals surface area contributed by atoms with Crippen LogP contribution in [0.5, 0.6) is 0 Å². The summed E-state index contributed by atoms with van der Waals surface area (Å²) in [5.41, 5.74) is 2.77. The van der Waals surface area contributed by atoms with Gasteiger partial charge in [-0.05, 0) is 143 Å². The number of Topliss-reactive ketones (excluding diaryl/α,β-unsaturated/α-hetero) is 1. The summed E-state index contributed by atoms with van der Waals surface area (Å²) in [4.78, 5) is 14.4. The van der Waals surface area contributed by atoms with Crippen LogP contribution in [0, 0.1) is 35.0 Å². The molecule has 0 spiro atoms. The molecule has 2 fully saturated rings. The van der Waals surface area contributed by atoms with E-state index in [1.54, 1.807) is 6.08 Å². The van der Waals surface area contributed by atoms with Crippen molar-refractivity contribution in [2.45, 2.75) is 155 Å². The number of carbonyl (C=O) groups excluding carboxylic acids is 1. The van der Waals surface area contributed by atoms with Gasteiger partial charge in [0, 0.05) is 11.8 Å². The second-order valence-corrected chi connectivity index (χ2v) is 16.7. The van der Waals surface area contributed by atoms with Gasteiger partial charge in [0.05, 0.1) is 11.2 Å². The Kier molecular flexibility index (Phi) is 12.2. The summed E-state index contributed by atoms with van der Waals surface area (Å²) < 4.78 is 40.9. The zero-order chi connectivity index (χ0) is 34.5. The Bertz CT molecular complexity index is 1340. The van der Waals surface area contributed by atoms with Crippen molar-refractivity contribution in [3.8, 4) is 0 Å². The van der Waals surface area contributed by atoms with Crippen molar-refractivity contribution in [1.29, 1.82) is 0 Å². The minimum Gasteiger partial charge on any atom is -0.386 e. The molecule has 2 saturated carbocycles. The van der Waals surface area contributed by atoms with E-state index >= 15 is 0 Å². The lowest BCUT2D eigenvalue weighted by molar-refractivity contribution is -0.131. The lowest BCUT2D eigenvalue weighted by Gasteiger charge is -2.31. The molecule has 1 aromatic rings. The Hall–Kier alpha value is -2.14. The van der Waals surface area contributed by atoms with Crippen molar-refractivity contribution in [3.05, 3.63) is 70.3 Å². The molecule has 266 valence electrons. The van der Waals surface area contributed by atoms with Crippen molar-refractivity contribution in [3.63, 3.8) is 0 Å². The van der Waals surface area contributed by atoms with E-state index in [-0.39, 0.29) is 11.3 Å². The lowest BCUT2D eigenvalue weighted by atomic mass is 9.72. The maximum atomic E-state index is 14.4. The average molecular weight is 667 g/mol. The predicted molar refractivity (Wildman–Crippen MR) is 190 cm³/mol. The Morgan fingerprint density at radius 2 is 1.85 bits per heavy atom. The number of unbranched alkanes of at least 4 members (excludes halogenated alkanes) is 1. The number of fused-ring (bicyclic) bond motifs is 1. The van der Waals surface area contributed by atoms with Crippen molar-refractivity contribution >= 4 is 5.78 Å². The third kappa shape index (κ3) is 9.15. The van der Waals surface area contributed by atoms with Crippen LogP contribution in [0.4, 0.5) is 13.2 Å². The molecule has 0 saturated heterocycles. The van der Waals surface area contributed by atoms with Crippen LogP contribution in [-0.4, -0.2) is 17.1 Å². The monoisotopic (exact) mass is 666 g/mol. The van der Waals surface area contributed by atoms with Crippen LogP contribution in [0.2, 0.25) is 0 Å². The number of carbonyl (C=O) groups is 1. The van der Waals surface area contributed by atoms with Gasteiger partial charge in [-0.3, -0.25) is 4.79 Å². The zero-order valence-corrected chi connectivity index (χ0v) is 30.1. The predicted octanol–water partition coefficient (Wildman–Crippen LogP) is 12.2. The zero-order valence-electron chi connectivity index (χ0n) is 30.1. The van der Waals surface area contributed by atoms with Gasteiger partial charge in [-0.25, -0.2) is 0 Å². The fraction of sp³-hybridized carbons (Fsp3) is 0.698. The molecule has 0 bridgehead atoms. The number of ketones is 1. The average Bonchev–Trinajstić information content (AvgIpc) is 3.52. The Balaban J connectivity index is 1.20. The maximum Gasteiger partial charge on any atom is 0.416 e. The number of hydrogen-bond acceptors (Lipinski definition) is 2. The standard InChI is InChI=1S/C43H61F3O2/c1-5-6-12-34(20-17-30(2)24-32-11-9-15-37(25-32)41(3,4)48)36-28-38-16-10-23-42(38,29-36)40(47)26-31-18-21-33-13-7-8-14-39(43(44,45)46)27-35(33)22-19-31/h8-9,11,14-15,25,27,30-31,34,36,38,48H,5-7,10,12-13,16-24,26,28-29H2,1-4H3. The summed E-state index contributed by atoms with van der Waals surface area (Å²) >= 11 is 0. The number of hydrogen-bond donors (Lipinski definition) is 1. The molecule has 4 aliphatic rings. The minimum atomic E-state index is -4.33. The molecule has 0 radical (unpaired) electrons. The van der Waals surface area contributed by atoms with Gasteiger partial charge in [0.2, 0.25) is 0 Å². The number of benzene rings is 1. The van der Waals surface area contributed by atoms with Crippen LogP contribution in [0.15, 0.2) is 59.2 Å². The van der Waals surface area contributed by atoms with Gasteiger partial charge in [0.15, 0.2) is 0 Å². The van der Waals surface area contributed by atoms with Crippen LogP contribution >= 0.6 is 0 Å². The lowest BCUT2D eigenvalue weighted by Crippen LogP contribution is -2.32. The molecule has 1 aromatic carbocycles. The van der Waals surface area contributed by atoms with Gasteiger partial charge in [0.1, 0.15) is 5.78 Å². The number of alkyl halides is 3. The van der Waals surface area contributed by atoms with Crippen molar-refractivity contribution in [2.24, 2.45) is 35.0 Å². The number of rotatable bonds is 13. The Morgan fingerprint density at radius 1 is 1.06 bits per heavy atom. The largest absolute Gasteiger partial charge is 0.416 e. The van der Waals surface area contributed by atoms with Gasteiger partial charge < -0.3 is 5.11 Å². The molecule has 4 aliphatic carbocycles. The molecule has 6 unspecified atom stereocenters. The van der Waals surface area contributed by atoms with E-state index in [9.17, 15) is 23.1 Å². The topological polar surface area (TPSA) is 37.3 Å². The van der Waals surface area contributed by atoms with E-state index in [0.717, 1.165) is 62.5 Å². The molecule has 48 heavy (non-hydrogen) atoms. The molecule has 5 rings (SSSR count). The summed E-state index contributed by atoms with van der Waals surface area (Å²) in [5, 5.41) is 10.5. The van der Waals surface area contributed by atoms with Crippen molar-refractivity contribution < 1.29 is 23.1 Å². The molecule has 6 atom stereocenters. The molecule has 1 N–H and O–H groups in total. The normalized spacial score (nSPS) is 27.8. The maximum absolute atomic E-state index is 14.4. The van der Waals surface area contributed by atoms with Gasteiger partial charge in [-0.15, -0.1) is 0 Å². The second-order valence-electron chi connectivity index (χ2n) is 16.7. The van der Waals surface area contributed by atoms with E-state index in [4.69, 9.17) is 0 Å². The Morgan fingerprint density at radius 3 is 2.60 bits per heavy atom.